The first kappa shape index (κ1) is 13.9. The topological polar surface area (TPSA) is 24.5 Å². The van der Waals surface area contributed by atoms with Gasteiger partial charge in [0.05, 0.1) is 6.10 Å². The van der Waals surface area contributed by atoms with Crippen LogP contribution in [0.15, 0.2) is 24.3 Å². The molecule has 0 spiro atoms. The Bertz CT molecular complexity index is 429. The number of anilines is 1. The second-order valence-corrected chi connectivity index (χ2v) is 6.19. The van der Waals surface area contributed by atoms with Crippen LogP contribution in [0.1, 0.15) is 38.2 Å². The van der Waals surface area contributed by atoms with Gasteiger partial charge in [-0.25, -0.2) is 0 Å². The summed E-state index contributed by atoms with van der Waals surface area (Å²) in [6.07, 6.45) is 5.31. The van der Waals surface area contributed by atoms with Crippen LogP contribution in [0.3, 0.4) is 0 Å². The first-order chi connectivity index (χ1) is 9.81. The van der Waals surface area contributed by atoms with Crippen LogP contribution in [-0.4, -0.2) is 36.7 Å². The minimum atomic E-state index is 0.381. The van der Waals surface area contributed by atoms with Crippen LogP contribution in [0.4, 0.5) is 5.69 Å². The molecule has 1 aromatic rings. The minimum Gasteiger partial charge on any atom is -0.382 e. The highest BCUT2D eigenvalue weighted by Crippen LogP contribution is 2.23. The molecule has 0 amide bonds. The van der Waals surface area contributed by atoms with E-state index in [2.05, 4.69) is 41.4 Å². The van der Waals surface area contributed by atoms with Crippen molar-refractivity contribution >= 4 is 5.69 Å². The molecule has 0 aliphatic carbocycles. The van der Waals surface area contributed by atoms with Crippen molar-refractivity contribution in [3.63, 3.8) is 0 Å². The Morgan fingerprint density at radius 3 is 2.85 bits per heavy atom. The first-order valence-electron chi connectivity index (χ1n) is 7.99. The molecule has 0 radical (unpaired) electrons. The second-order valence-electron chi connectivity index (χ2n) is 6.19. The van der Waals surface area contributed by atoms with E-state index in [1.165, 1.54) is 37.2 Å². The molecule has 2 fully saturated rings. The molecule has 3 nitrogen and oxygen atoms in total. The van der Waals surface area contributed by atoms with Crippen molar-refractivity contribution in [2.24, 2.45) is 0 Å². The monoisotopic (exact) mass is 274 g/mol. The van der Waals surface area contributed by atoms with Crippen LogP contribution in [0.2, 0.25) is 0 Å². The number of likely N-dealkylation sites (tertiary alicyclic amines) is 1. The molecule has 110 valence electrons. The maximum absolute atomic E-state index is 5.64. The van der Waals surface area contributed by atoms with Crippen LogP contribution < -0.4 is 5.32 Å². The average Bonchev–Trinajstić information content (AvgIpc) is 2.94. The van der Waals surface area contributed by atoms with E-state index in [9.17, 15) is 0 Å². The molecule has 2 unspecified atom stereocenters. The van der Waals surface area contributed by atoms with Gasteiger partial charge in [-0.3, -0.25) is 4.90 Å². The molecule has 3 rings (SSSR count). The molecule has 2 aliphatic rings. The first-order valence-corrected chi connectivity index (χ1v) is 7.99. The molecule has 2 atom stereocenters. The van der Waals surface area contributed by atoms with Crippen LogP contribution in [-0.2, 0) is 11.3 Å². The van der Waals surface area contributed by atoms with Crippen molar-refractivity contribution in [1.82, 2.24) is 4.90 Å². The number of nitrogens with zero attached hydrogens (tertiary/aromatic N) is 1. The Morgan fingerprint density at radius 2 is 2.05 bits per heavy atom. The zero-order valence-electron chi connectivity index (χ0n) is 12.5. The lowest BCUT2D eigenvalue weighted by atomic mass is 10.0. The zero-order valence-corrected chi connectivity index (χ0v) is 12.5. The Labute approximate surface area is 122 Å². The van der Waals surface area contributed by atoms with Gasteiger partial charge in [0.25, 0.3) is 0 Å². The van der Waals surface area contributed by atoms with Crippen molar-refractivity contribution in [2.45, 2.75) is 51.3 Å². The normalized spacial score (nSPS) is 27.6. The standard InChI is InChI=1S/C17H26N2O/c1-14-12-16(8-11-20-14)18-17-7-3-2-6-15(17)13-19-9-4-5-10-19/h2-3,6-7,14,16,18H,4-5,8-13H2,1H3. The maximum atomic E-state index is 5.64. The fourth-order valence-electron chi connectivity index (χ4n) is 3.33. The molecule has 0 saturated carbocycles. The molecule has 1 aromatic carbocycles. The van der Waals surface area contributed by atoms with Crippen LogP contribution in [0.5, 0.6) is 0 Å². The number of hydrogen-bond donors (Lipinski definition) is 1. The minimum absolute atomic E-state index is 0.381. The van der Waals surface area contributed by atoms with Gasteiger partial charge < -0.3 is 10.1 Å². The van der Waals surface area contributed by atoms with Gasteiger partial charge in [-0.05, 0) is 57.3 Å². The summed E-state index contributed by atoms with van der Waals surface area (Å²) in [5, 5.41) is 3.75. The predicted molar refractivity (Wildman–Crippen MR) is 83.0 cm³/mol. The van der Waals surface area contributed by atoms with E-state index in [4.69, 9.17) is 4.74 Å². The lowest BCUT2D eigenvalue weighted by Crippen LogP contribution is -2.33. The van der Waals surface area contributed by atoms with Gasteiger partial charge >= 0.3 is 0 Å². The Morgan fingerprint density at radius 1 is 1.25 bits per heavy atom. The van der Waals surface area contributed by atoms with Gasteiger partial charge in [0.2, 0.25) is 0 Å². The summed E-state index contributed by atoms with van der Waals surface area (Å²) >= 11 is 0. The zero-order chi connectivity index (χ0) is 13.8. The van der Waals surface area contributed by atoms with E-state index in [0.29, 0.717) is 12.1 Å². The number of nitrogens with one attached hydrogen (secondary N) is 1. The quantitative estimate of drug-likeness (QED) is 0.912. The SMILES string of the molecule is CC1CC(Nc2ccccc2CN2CCCC2)CCO1. The molecular weight excluding hydrogens is 248 g/mol. The number of rotatable bonds is 4. The highest BCUT2D eigenvalue weighted by Gasteiger charge is 2.20. The summed E-state index contributed by atoms with van der Waals surface area (Å²) in [6.45, 7) is 6.64. The number of hydrogen-bond acceptors (Lipinski definition) is 3. The van der Waals surface area contributed by atoms with Crippen molar-refractivity contribution in [2.75, 3.05) is 25.0 Å². The summed E-state index contributed by atoms with van der Waals surface area (Å²) < 4.78 is 5.64. The summed E-state index contributed by atoms with van der Waals surface area (Å²) in [7, 11) is 0. The molecule has 2 heterocycles. The summed E-state index contributed by atoms with van der Waals surface area (Å²) in [5.41, 5.74) is 2.76. The molecule has 0 aromatic heterocycles. The fraction of sp³-hybridized carbons (Fsp3) is 0.647. The Balaban J connectivity index is 1.65. The van der Waals surface area contributed by atoms with E-state index < -0.39 is 0 Å². The van der Waals surface area contributed by atoms with E-state index in [0.717, 1.165) is 26.0 Å². The number of benzene rings is 1. The smallest absolute Gasteiger partial charge is 0.0566 e. The second kappa shape index (κ2) is 6.59. The lowest BCUT2D eigenvalue weighted by molar-refractivity contribution is 0.0232. The Kier molecular flexibility index (Phi) is 4.58. The van der Waals surface area contributed by atoms with E-state index in [1.54, 1.807) is 0 Å². The van der Waals surface area contributed by atoms with Crippen molar-refractivity contribution in [3.05, 3.63) is 29.8 Å². The largest absolute Gasteiger partial charge is 0.382 e. The van der Waals surface area contributed by atoms with Crippen LogP contribution >= 0.6 is 0 Å². The van der Waals surface area contributed by atoms with Gasteiger partial charge in [-0.1, -0.05) is 18.2 Å². The van der Waals surface area contributed by atoms with Gasteiger partial charge in [0.15, 0.2) is 0 Å². The Hall–Kier alpha value is -1.06. The summed E-state index contributed by atoms with van der Waals surface area (Å²) in [4.78, 5) is 2.56. The molecule has 2 aliphatic heterocycles. The van der Waals surface area contributed by atoms with Gasteiger partial charge in [0.1, 0.15) is 0 Å². The average molecular weight is 274 g/mol. The van der Waals surface area contributed by atoms with Gasteiger partial charge in [-0.2, -0.15) is 0 Å². The predicted octanol–water partition coefficient (Wildman–Crippen LogP) is 3.26. The highest BCUT2D eigenvalue weighted by atomic mass is 16.5. The van der Waals surface area contributed by atoms with Crippen molar-refractivity contribution in [1.29, 1.82) is 0 Å². The summed E-state index contributed by atoms with van der Waals surface area (Å²) in [6, 6.07) is 9.34. The molecule has 1 N–H and O–H groups in total. The van der Waals surface area contributed by atoms with E-state index >= 15 is 0 Å². The molecular formula is C17H26N2O. The molecule has 2 saturated heterocycles. The van der Waals surface area contributed by atoms with Gasteiger partial charge in [-0.15, -0.1) is 0 Å². The van der Waals surface area contributed by atoms with Crippen LogP contribution in [0, 0.1) is 0 Å². The summed E-state index contributed by atoms with van der Waals surface area (Å²) in [5.74, 6) is 0. The van der Waals surface area contributed by atoms with Crippen molar-refractivity contribution < 1.29 is 4.74 Å². The number of para-hydroxylation sites is 1. The molecule has 3 heteroatoms. The third kappa shape index (κ3) is 3.53. The maximum Gasteiger partial charge on any atom is 0.0566 e. The van der Waals surface area contributed by atoms with E-state index in [1.807, 2.05) is 0 Å². The van der Waals surface area contributed by atoms with Gasteiger partial charge in [0, 0.05) is 24.9 Å². The third-order valence-corrected chi connectivity index (χ3v) is 4.45. The molecule has 20 heavy (non-hydrogen) atoms. The molecule has 0 bridgehead atoms. The van der Waals surface area contributed by atoms with Crippen LogP contribution in [0.25, 0.3) is 0 Å². The third-order valence-electron chi connectivity index (χ3n) is 4.45. The van der Waals surface area contributed by atoms with E-state index in [-0.39, 0.29) is 0 Å². The number of ether oxygens (including phenoxy) is 1. The highest BCUT2D eigenvalue weighted by molar-refractivity contribution is 5.51. The lowest BCUT2D eigenvalue weighted by Gasteiger charge is -2.30. The fourth-order valence-corrected chi connectivity index (χ4v) is 3.33. The van der Waals surface area contributed by atoms with Crippen molar-refractivity contribution in [3.8, 4) is 0 Å².